The van der Waals surface area contributed by atoms with Crippen LogP contribution in [0.25, 0.3) is 5.69 Å². The number of Topliss-reactive ketones (excluding diaryl/α,β-unsaturated/α-hetero) is 1. The number of carboxylic acid groups (broad SMARTS) is 1. The summed E-state index contributed by atoms with van der Waals surface area (Å²) in [5, 5.41) is 26.2. The van der Waals surface area contributed by atoms with Crippen molar-refractivity contribution >= 4 is 23.5 Å². The molecular formula is C22H19N3O6. The molecule has 9 nitrogen and oxygen atoms in total. The van der Waals surface area contributed by atoms with E-state index in [4.69, 9.17) is 9.84 Å². The maximum absolute atomic E-state index is 13.3. The number of nitrogens with one attached hydrogen (secondary N) is 1. The molecule has 1 aromatic heterocycles. The van der Waals surface area contributed by atoms with Crippen molar-refractivity contribution in [3.63, 3.8) is 0 Å². The first-order valence-corrected chi connectivity index (χ1v) is 9.44. The van der Waals surface area contributed by atoms with Crippen molar-refractivity contribution in [1.29, 1.82) is 0 Å². The number of benzene rings is 2. The molecule has 0 spiro atoms. The van der Waals surface area contributed by atoms with Gasteiger partial charge in [-0.3, -0.25) is 9.59 Å². The highest BCUT2D eigenvalue weighted by atomic mass is 16.5. The maximum Gasteiger partial charge on any atom is 0.335 e. The van der Waals surface area contributed by atoms with Crippen molar-refractivity contribution in [1.82, 2.24) is 9.78 Å². The van der Waals surface area contributed by atoms with E-state index in [1.54, 1.807) is 19.1 Å². The van der Waals surface area contributed by atoms with E-state index in [0.717, 1.165) is 0 Å². The lowest BCUT2D eigenvalue weighted by atomic mass is 9.85. The summed E-state index contributed by atoms with van der Waals surface area (Å²) in [6.07, 6.45) is -0.0422. The summed E-state index contributed by atoms with van der Waals surface area (Å²) in [4.78, 5) is 36.8. The van der Waals surface area contributed by atoms with E-state index in [2.05, 4.69) is 10.4 Å². The Morgan fingerprint density at radius 1 is 1.16 bits per heavy atom. The van der Waals surface area contributed by atoms with Crippen LogP contribution in [0.1, 0.15) is 44.3 Å². The molecule has 0 saturated heterocycles. The number of phenols is 1. The van der Waals surface area contributed by atoms with E-state index in [-0.39, 0.29) is 35.2 Å². The van der Waals surface area contributed by atoms with Crippen molar-refractivity contribution in [3.05, 3.63) is 64.8 Å². The second-order valence-electron chi connectivity index (χ2n) is 7.17. The van der Waals surface area contributed by atoms with Crippen LogP contribution in [0, 0.1) is 6.92 Å². The standard InChI is InChI=1S/C22H19N3O6/c1-11-19-15(20(28)13-5-8-16(26)17(9-13)31-2)10-18(27)23-21(19)25(24-11)14-6-3-12(4-7-14)22(29)30/h3-9,15,26H,10H2,1-2H3,(H,23,27)(H,29,30). The summed E-state index contributed by atoms with van der Waals surface area (Å²) < 4.78 is 6.58. The van der Waals surface area contributed by atoms with Crippen LogP contribution in [-0.4, -0.2) is 44.8 Å². The first-order chi connectivity index (χ1) is 14.8. The van der Waals surface area contributed by atoms with Crippen molar-refractivity contribution in [2.45, 2.75) is 19.3 Å². The summed E-state index contributed by atoms with van der Waals surface area (Å²) in [5.74, 6) is -1.98. The van der Waals surface area contributed by atoms with E-state index in [0.29, 0.717) is 28.3 Å². The molecule has 0 radical (unpaired) electrons. The molecule has 3 N–H and O–H groups in total. The topological polar surface area (TPSA) is 131 Å². The van der Waals surface area contributed by atoms with E-state index in [9.17, 15) is 19.5 Å². The van der Waals surface area contributed by atoms with Gasteiger partial charge in [0.1, 0.15) is 5.82 Å². The van der Waals surface area contributed by atoms with Gasteiger partial charge < -0.3 is 20.3 Å². The van der Waals surface area contributed by atoms with Crippen LogP contribution in [0.5, 0.6) is 11.5 Å². The number of carboxylic acids is 1. The van der Waals surface area contributed by atoms with Gasteiger partial charge in [-0.1, -0.05) is 0 Å². The number of aromatic nitrogens is 2. The number of aryl methyl sites for hydroxylation is 1. The molecule has 31 heavy (non-hydrogen) atoms. The lowest BCUT2D eigenvalue weighted by Gasteiger charge is -2.23. The van der Waals surface area contributed by atoms with Gasteiger partial charge in [0.15, 0.2) is 17.3 Å². The number of rotatable bonds is 5. The van der Waals surface area contributed by atoms with Crippen LogP contribution in [0.2, 0.25) is 0 Å². The van der Waals surface area contributed by atoms with Crippen LogP contribution in [-0.2, 0) is 4.79 Å². The molecule has 3 aromatic rings. The third-order valence-corrected chi connectivity index (χ3v) is 5.24. The Labute approximate surface area is 176 Å². The molecule has 1 aliphatic heterocycles. The fourth-order valence-electron chi connectivity index (χ4n) is 3.74. The Morgan fingerprint density at radius 2 is 1.84 bits per heavy atom. The predicted octanol–water partition coefficient (Wildman–Crippen LogP) is 2.90. The van der Waals surface area contributed by atoms with Crippen molar-refractivity contribution < 1.29 is 29.3 Å². The van der Waals surface area contributed by atoms with Crippen LogP contribution in [0.3, 0.4) is 0 Å². The molecule has 4 rings (SSSR count). The minimum atomic E-state index is -1.05. The zero-order valence-corrected chi connectivity index (χ0v) is 16.7. The van der Waals surface area contributed by atoms with Crippen molar-refractivity contribution in [2.75, 3.05) is 12.4 Å². The largest absolute Gasteiger partial charge is 0.504 e. The number of aromatic hydroxyl groups is 1. The zero-order valence-electron chi connectivity index (χ0n) is 16.7. The highest BCUT2D eigenvalue weighted by Gasteiger charge is 2.36. The quantitative estimate of drug-likeness (QED) is 0.540. The van der Waals surface area contributed by atoms with Gasteiger partial charge in [0.05, 0.1) is 30.0 Å². The number of hydrogen-bond donors (Lipinski definition) is 3. The summed E-state index contributed by atoms with van der Waals surface area (Å²) in [6, 6.07) is 10.3. The highest BCUT2D eigenvalue weighted by molar-refractivity contribution is 6.08. The van der Waals surface area contributed by atoms with Gasteiger partial charge in [-0.15, -0.1) is 0 Å². The average molecular weight is 421 g/mol. The van der Waals surface area contributed by atoms with Gasteiger partial charge in [0, 0.05) is 17.5 Å². The molecule has 2 heterocycles. The fraction of sp³-hybridized carbons (Fsp3) is 0.182. The van der Waals surface area contributed by atoms with Gasteiger partial charge in [0.2, 0.25) is 5.91 Å². The number of ether oxygens (including phenoxy) is 1. The molecule has 0 aliphatic carbocycles. The van der Waals surface area contributed by atoms with E-state index >= 15 is 0 Å². The minimum Gasteiger partial charge on any atom is -0.504 e. The summed E-state index contributed by atoms with van der Waals surface area (Å²) >= 11 is 0. The van der Waals surface area contributed by atoms with Gasteiger partial charge in [0.25, 0.3) is 0 Å². The smallest absolute Gasteiger partial charge is 0.335 e. The second kappa shape index (κ2) is 7.60. The lowest BCUT2D eigenvalue weighted by Crippen LogP contribution is -2.28. The Bertz CT molecular complexity index is 1210. The van der Waals surface area contributed by atoms with Crippen LogP contribution >= 0.6 is 0 Å². The molecule has 158 valence electrons. The molecular weight excluding hydrogens is 402 g/mol. The first kappa shape index (κ1) is 20.1. The Morgan fingerprint density at radius 3 is 2.48 bits per heavy atom. The Hall–Kier alpha value is -4.14. The molecule has 9 heteroatoms. The lowest BCUT2D eigenvalue weighted by molar-refractivity contribution is -0.116. The molecule has 1 amide bonds. The Balaban J connectivity index is 1.77. The number of fused-ring (bicyclic) bond motifs is 1. The Kier molecular flexibility index (Phi) is 4.94. The fourth-order valence-corrected chi connectivity index (χ4v) is 3.74. The number of nitrogens with zero attached hydrogens (tertiary/aromatic N) is 2. The molecule has 1 unspecified atom stereocenters. The third-order valence-electron chi connectivity index (χ3n) is 5.24. The van der Waals surface area contributed by atoms with Crippen LogP contribution in [0.4, 0.5) is 5.82 Å². The van der Waals surface area contributed by atoms with Crippen molar-refractivity contribution in [2.24, 2.45) is 0 Å². The van der Waals surface area contributed by atoms with Gasteiger partial charge >= 0.3 is 5.97 Å². The number of phenolic OH excluding ortho intramolecular Hbond substituents is 1. The van der Waals surface area contributed by atoms with E-state index in [1.165, 1.54) is 42.1 Å². The molecule has 0 bridgehead atoms. The van der Waals surface area contributed by atoms with Crippen molar-refractivity contribution in [3.8, 4) is 17.2 Å². The summed E-state index contributed by atoms with van der Waals surface area (Å²) in [7, 11) is 1.39. The van der Waals surface area contributed by atoms with Crippen LogP contribution in [0.15, 0.2) is 42.5 Å². The number of anilines is 1. The average Bonchev–Trinajstić information content (AvgIpc) is 3.09. The number of carbonyl (C=O) groups excluding carboxylic acids is 2. The van der Waals surface area contributed by atoms with Crippen LogP contribution < -0.4 is 10.1 Å². The predicted molar refractivity (Wildman–Crippen MR) is 110 cm³/mol. The maximum atomic E-state index is 13.3. The third kappa shape index (κ3) is 3.50. The van der Waals surface area contributed by atoms with E-state index in [1.807, 2.05) is 0 Å². The number of carbonyl (C=O) groups is 3. The molecule has 0 fully saturated rings. The summed E-state index contributed by atoms with van der Waals surface area (Å²) in [5.41, 5.74) is 2.15. The van der Waals surface area contributed by atoms with Gasteiger partial charge in [-0.05, 0) is 49.4 Å². The molecule has 0 saturated carbocycles. The number of ketones is 1. The van der Waals surface area contributed by atoms with E-state index < -0.39 is 11.9 Å². The molecule has 2 aromatic carbocycles. The zero-order chi connectivity index (χ0) is 22.3. The second-order valence-corrected chi connectivity index (χ2v) is 7.17. The number of methoxy groups -OCH3 is 1. The monoisotopic (exact) mass is 421 g/mol. The number of aromatic carboxylic acids is 1. The normalized spacial score (nSPS) is 15.2. The number of hydrogen-bond acceptors (Lipinski definition) is 6. The minimum absolute atomic E-state index is 0.0422. The number of amides is 1. The molecule has 1 aliphatic rings. The molecule has 1 atom stereocenters. The first-order valence-electron chi connectivity index (χ1n) is 9.44. The van der Waals surface area contributed by atoms with Gasteiger partial charge in [-0.25, -0.2) is 9.48 Å². The summed E-state index contributed by atoms with van der Waals surface area (Å²) in [6.45, 7) is 1.75. The van der Waals surface area contributed by atoms with Gasteiger partial charge in [-0.2, -0.15) is 5.10 Å². The highest BCUT2D eigenvalue weighted by Crippen LogP contribution is 2.39. The SMILES string of the molecule is COc1cc(C(=O)C2CC(=O)Nc3c2c(C)nn3-c2ccc(C(=O)O)cc2)ccc1O.